The Hall–Kier alpha value is -3.07. The van der Waals surface area contributed by atoms with Gasteiger partial charge in [0, 0.05) is 54.5 Å². The summed E-state index contributed by atoms with van der Waals surface area (Å²) in [5, 5.41) is 14.2. The monoisotopic (exact) mass is 576 g/mol. The Kier molecular flexibility index (Phi) is 7.39. The number of piperidine rings is 1. The van der Waals surface area contributed by atoms with Crippen molar-refractivity contribution in [2.45, 2.75) is 44.5 Å². The molecule has 1 N–H and O–H groups in total. The van der Waals surface area contributed by atoms with E-state index in [2.05, 4.69) is 5.16 Å². The Morgan fingerprint density at radius 2 is 1.74 bits per heavy atom. The molecule has 39 heavy (non-hydrogen) atoms. The Morgan fingerprint density at radius 3 is 2.36 bits per heavy atom. The van der Waals surface area contributed by atoms with Crippen LogP contribution in [0, 0.1) is 6.92 Å². The molecule has 3 aromatic rings. The molecule has 3 aromatic carbocycles. The number of carboxylic acids is 1. The number of aryl methyl sites for hydroxylation is 1. The number of benzene rings is 3. The van der Waals surface area contributed by atoms with Crippen molar-refractivity contribution in [1.82, 2.24) is 4.90 Å². The quantitative estimate of drug-likeness (QED) is 0.336. The fraction of sp³-hybridized carbons (Fsp3) is 0.310. The van der Waals surface area contributed by atoms with Gasteiger partial charge in [-0.2, -0.15) is 13.2 Å². The molecule has 0 bridgehead atoms. The highest BCUT2D eigenvalue weighted by atomic mass is 35.5. The summed E-state index contributed by atoms with van der Waals surface area (Å²) in [6.07, 6.45) is -2.72. The van der Waals surface area contributed by atoms with Crippen LogP contribution in [0.25, 0.3) is 11.1 Å². The topological polar surface area (TPSA) is 62.1 Å². The fourth-order valence-electron chi connectivity index (χ4n) is 5.38. The third-order valence-electron chi connectivity index (χ3n) is 7.41. The Morgan fingerprint density at radius 1 is 1.05 bits per heavy atom. The Labute approximate surface area is 233 Å². The summed E-state index contributed by atoms with van der Waals surface area (Å²) in [7, 11) is 0. The molecule has 1 fully saturated rings. The lowest BCUT2D eigenvalue weighted by molar-refractivity contribution is -0.139. The zero-order chi connectivity index (χ0) is 27.9. The first-order valence-corrected chi connectivity index (χ1v) is 13.2. The molecule has 2 aliphatic heterocycles. The van der Waals surface area contributed by atoms with Crippen LogP contribution in [0.1, 0.15) is 51.9 Å². The fourth-order valence-corrected chi connectivity index (χ4v) is 5.90. The van der Waals surface area contributed by atoms with E-state index >= 15 is 0 Å². The van der Waals surface area contributed by atoms with E-state index in [9.17, 15) is 18.0 Å². The first kappa shape index (κ1) is 27.5. The molecule has 0 amide bonds. The van der Waals surface area contributed by atoms with E-state index in [-0.39, 0.29) is 23.2 Å². The van der Waals surface area contributed by atoms with Crippen LogP contribution in [-0.2, 0) is 17.6 Å². The molecule has 1 saturated heterocycles. The van der Waals surface area contributed by atoms with Gasteiger partial charge in [0.1, 0.15) is 5.60 Å². The summed E-state index contributed by atoms with van der Waals surface area (Å²) < 4.78 is 42.3. The maximum absolute atomic E-state index is 14.1. The van der Waals surface area contributed by atoms with Crippen LogP contribution < -0.4 is 0 Å². The van der Waals surface area contributed by atoms with Gasteiger partial charge in [0.25, 0.3) is 0 Å². The van der Waals surface area contributed by atoms with Crippen LogP contribution >= 0.6 is 23.2 Å². The van der Waals surface area contributed by atoms with Crippen molar-refractivity contribution in [3.05, 3.63) is 92.5 Å². The first-order valence-electron chi connectivity index (χ1n) is 12.4. The molecule has 204 valence electrons. The molecule has 10 heteroatoms. The summed E-state index contributed by atoms with van der Waals surface area (Å²) in [5.74, 6) is -0.999. The van der Waals surface area contributed by atoms with E-state index in [1.165, 1.54) is 25.1 Å². The van der Waals surface area contributed by atoms with Crippen molar-refractivity contribution in [2.24, 2.45) is 5.16 Å². The lowest BCUT2D eigenvalue weighted by atomic mass is 9.85. The van der Waals surface area contributed by atoms with Gasteiger partial charge in [-0.3, -0.25) is 4.90 Å². The summed E-state index contributed by atoms with van der Waals surface area (Å²) in [6, 6.07) is 14.5. The average molecular weight is 577 g/mol. The number of alkyl halides is 3. The number of aromatic carboxylic acids is 1. The van der Waals surface area contributed by atoms with Crippen molar-refractivity contribution in [2.75, 3.05) is 13.1 Å². The van der Waals surface area contributed by atoms with Gasteiger partial charge in [-0.25, -0.2) is 4.79 Å². The average Bonchev–Trinajstić information content (AvgIpc) is 3.28. The maximum atomic E-state index is 14.1. The van der Waals surface area contributed by atoms with Crippen LogP contribution in [0.4, 0.5) is 13.2 Å². The Balaban J connectivity index is 1.32. The molecule has 0 unspecified atom stereocenters. The lowest BCUT2D eigenvalue weighted by Crippen LogP contribution is -2.44. The van der Waals surface area contributed by atoms with E-state index in [4.69, 9.17) is 33.1 Å². The van der Waals surface area contributed by atoms with E-state index < -0.39 is 23.3 Å². The van der Waals surface area contributed by atoms with Crippen molar-refractivity contribution in [1.29, 1.82) is 0 Å². The number of likely N-dealkylation sites (tertiary alicyclic amines) is 1. The van der Waals surface area contributed by atoms with Crippen molar-refractivity contribution in [3.8, 4) is 11.1 Å². The minimum absolute atomic E-state index is 0.134. The second kappa shape index (κ2) is 10.5. The van der Waals surface area contributed by atoms with Crippen molar-refractivity contribution >= 4 is 34.9 Å². The van der Waals surface area contributed by atoms with Gasteiger partial charge in [-0.05, 0) is 59.5 Å². The number of carboxylic acid groups (broad SMARTS) is 1. The van der Waals surface area contributed by atoms with Gasteiger partial charge in [0.15, 0.2) is 0 Å². The molecule has 5 rings (SSSR count). The number of nitrogens with zero attached hydrogens (tertiary/aromatic N) is 2. The van der Waals surface area contributed by atoms with E-state index in [1.807, 2.05) is 4.90 Å². The molecule has 0 aliphatic carbocycles. The normalized spacial score (nSPS) is 17.2. The van der Waals surface area contributed by atoms with Gasteiger partial charge in [-0.15, -0.1) is 0 Å². The molecular formula is C29H25Cl2F3N2O3. The minimum Gasteiger partial charge on any atom is -0.478 e. The highest BCUT2D eigenvalue weighted by Gasteiger charge is 2.43. The number of halogens is 5. The van der Waals surface area contributed by atoms with Crippen LogP contribution in [-0.4, -0.2) is 40.4 Å². The Bertz CT molecular complexity index is 1450. The zero-order valence-corrected chi connectivity index (χ0v) is 22.5. The van der Waals surface area contributed by atoms with Gasteiger partial charge >= 0.3 is 12.1 Å². The summed E-state index contributed by atoms with van der Waals surface area (Å²) in [4.78, 5) is 19.0. The van der Waals surface area contributed by atoms with E-state index in [1.54, 1.807) is 36.4 Å². The number of carbonyl (C=O) groups is 1. The standard InChI is InChI=1S/C29H25Cl2F3N2O3/c1-17-12-20(23-7-6-22(30)14-24(23)31)13-21(26(17)29(32,33)34)16-36-10-8-28(9-11-36)15-25(35-39-28)18-2-4-19(5-3-18)27(37)38/h2-7,12-14H,8-11,15-16H2,1H3,(H,37,38). The molecule has 2 aliphatic rings. The predicted molar refractivity (Wildman–Crippen MR) is 145 cm³/mol. The van der Waals surface area contributed by atoms with Crippen LogP contribution in [0.5, 0.6) is 0 Å². The van der Waals surface area contributed by atoms with Gasteiger partial charge in [0.2, 0.25) is 0 Å². The largest absolute Gasteiger partial charge is 0.478 e. The highest BCUT2D eigenvalue weighted by Crippen LogP contribution is 2.41. The smallest absolute Gasteiger partial charge is 0.416 e. The van der Waals surface area contributed by atoms with Gasteiger partial charge in [0.05, 0.1) is 16.8 Å². The third-order valence-corrected chi connectivity index (χ3v) is 7.96. The summed E-state index contributed by atoms with van der Waals surface area (Å²) in [6.45, 7) is 2.69. The van der Waals surface area contributed by atoms with Gasteiger partial charge in [-0.1, -0.05) is 52.6 Å². The second-order valence-corrected chi connectivity index (χ2v) is 10.9. The first-order chi connectivity index (χ1) is 18.4. The minimum atomic E-state index is -4.49. The second-order valence-electron chi connectivity index (χ2n) is 10.1. The molecular weight excluding hydrogens is 552 g/mol. The number of oxime groups is 1. The van der Waals surface area contributed by atoms with Crippen molar-refractivity contribution < 1.29 is 27.9 Å². The number of hydrogen-bond donors (Lipinski definition) is 1. The van der Waals surface area contributed by atoms with Gasteiger partial charge < -0.3 is 9.94 Å². The van der Waals surface area contributed by atoms with Crippen molar-refractivity contribution in [3.63, 3.8) is 0 Å². The zero-order valence-electron chi connectivity index (χ0n) is 21.0. The molecule has 0 atom stereocenters. The molecule has 0 saturated carbocycles. The number of rotatable bonds is 5. The van der Waals surface area contributed by atoms with Crippen LogP contribution in [0.2, 0.25) is 10.0 Å². The molecule has 2 heterocycles. The molecule has 1 spiro atoms. The van der Waals surface area contributed by atoms with E-state index in [0.717, 1.165) is 11.3 Å². The SMILES string of the molecule is Cc1cc(-c2ccc(Cl)cc2Cl)cc(CN2CCC3(CC2)CC(c2ccc(C(=O)O)cc2)=NO3)c1C(F)(F)F. The van der Waals surface area contributed by atoms with Crippen LogP contribution in [0.15, 0.2) is 59.8 Å². The summed E-state index contributed by atoms with van der Waals surface area (Å²) >= 11 is 12.4. The lowest BCUT2D eigenvalue weighted by Gasteiger charge is -2.37. The predicted octanol–water partition coefficient (Wildman–Crippen LogP) is 7.85. The van der Waals surface area contributed by atoms with Crippen LogP contribution in [0.3, 0.4) is 0 Å². The van der Waals surface area contributed by atoms with E-state index in [0.29, 0.717) is 53.5 Å². The highest BCUT2D eigenvalue weighted by molar-refractivity contribution is 6.36. The summed E-state index contributed by atoms with van der Waals surface area (Å²) in [5.41, 5.74) is 2.15. The molecule has 0 aromatic heterocycles. The molecule has 0 radical (unpaired) electrons. The third kappa shape index (κ3) is 5.78. The molecule has 5 nitrogen and oxygen atoms in total. The number of hydrogen-bond acceptors (Lipinski definition) is 4. The maximum Gasteiger partial charge on any atom is 0.416 e.